The quantitative estimate of drug-likeness (QED) is 0.580. The predicted molar refractivity (Wildman–Crippen MR) is 40.5 cm³/mol. The summed E-state index contributed by atoms with van der Waals surface area (Å²) < 4.78 is 41.7. The Morgan fingerprint density at radius 3 is 2.36 bits per heavy atom. The van der Waals surface area contributed by atoms with E-state index in [1.807, 2.05) is 0 Å². The smallest absolute Gasteiger partial charge is 0.248 e. The second-order valence-electron chi connectivity index (χ2n) is 2.44. The van der Waals surface area contributed by atoms with Crippen LogP contribution in [0.25, 0.3) is 0 Å². The first-order chi connectivity index (χ1) is 4.95. The molecule has 0 aromatic rings. The van der Waals surface area contributed by atoms with E-state index in [4.69, 9.17) is 4.55 Å². The number of sulfonamides is 1. The number of nitrogens with zero attached hydrogens (tertiary/aromatic N) is 1. The minimum atomic E-state index is -3.45. The van der Waals surface area contributed by atoms with Crippen molar-refractivity contribution in [2.45, 2.75) is 19.4 Å². The van der Waals surface area contributed by atoms with Crippen LogP contribution in [0.15, 0.2) is 0 Å². The zero-order valence-corrected chi connectivity index (χ0v) is 7.56. The molecule has 0 amide bonds. The fourth-order valence-electron chi connectivity index (χ4n) is 1.04. The molecule has 1 heterocycles. The lowest BCUT2D eigenvalue weighted by atomic mass is 10.3. The van der Waals surface area contributed by atoms with Crippen LogP contribution >= 0.6 is 0 Å². The highest BCUT2D eigenvalue weighted by Gasteiger charge is 2.38. The Morgan fingerprint density at radius 2 is 2.18 bits per heavy atom. The molecule has 0 aliphatic carbocycles. The second-order valence-corrected chi connectivity index (χ2v) is 5.49. The van der Waals surface area contributed by atoms with Crippen molar-refractivity contribution >= 4 is 21.3 Å². The van der Waals surface area contributed by atoms with Crippen LogP contribution in [-0.4, -0.2) is 32.7 Å². The van der Waals surface area contributed by atoms with Crippen LogP contribution in [-0.2, 0) is 21.3 Å². The normalized spacial score (nSPS) is 33.8. The van der Waals surface area contributed by atoms with E-state index in [2.05, 4.69) is 0 Å². The summed E-state index contributed by atoms with van der Waals surface area (Å²) >= 11 is -2.40. The van der Waals surface area contributed by atoms with Gasteiger partial charge in [-0.15, -0.1) is 0 Å². The molecule has 0 aromatic heterocycles. The number of hydrogen-bond donors (Lipinski definition) is 1. The standard InChI is InChI=1S/C4H9NO4S2/c1-4-2-3-11(8,9)5(4)10(6)7/h4H,2-3H2,1H3,(H,6,7). The molecule has 2 atom stereocenters. The first-order valence-electron chi connectivity index (χ1n) is 3.08. The van der Waals surface area contributed by atoms with Crippen LogP contribution < -0.4 is 0 Å². The highest BCUT2D eigenvalue weighted by atomic mass is 32.3. The molecule has 1 N–H and O–H groups in total. The van der Waals surface area contributed by atoms with Crippen LogP contribution in [0.2, 0.25) is 0 Å². The fourth-order valence-corrected chi connectivity index (χ4v) is 3.93. The lowest BCUT2D eigenvalue weighted by Gasteiger charge is -2.12. The highest BCUT2D eigenvalue weighted by Crippen LogP contribution is 2.21. The predicted octanol–water partition coefficient (Wildman–Crippen LogP) is -0.453. The Kier molecular flexibility index (Phi) is 2.33. The van der Waals surface area contributed by atoms with Gasteiger partial charge in [-0.25, -0.2) is 12.6 Å². The molecule has 5 nitrogen and oxygen atoms in total. The summed E-state index contributed by atoms with van der Waals surface area (Å²) in [6.07, 6.45) is 0.425. The molecule has 1 fully saturated rings. The van der Waals surface area contributed by atoms with Gasteiger partial charge in [-0.2, -0.15) is 0 Å². The maximum absolute atomic E-state index is 11.0. The van der Waals surface area contributed by atoms with Crippen molar-refractivity contribution in [3.63, 3.8) is 0 Å². The first kappa shape index (κ1) is 9.11. The zero-order chi connectivity index (χ0) is 8.65. The maximum Gasteiger partial charge on any atom is 0.248 e. The third-order valence-corrected chi connectivity index (χ3v) is 4.97. The molecule has 11 heavy (non-hydrogen) atoms. The van der Waals surface area contributed by atoms with Crippen molar-refractivity contribution in [2.24, 2.45) is 0 Å². The molecule has 7 heteroatoms. The summed E-state index contributed by atoms with van der Waals surface area (Å²) in [5.74, 6) is -0.0273. The molecule has 1 aliphatic rings. The molecule has 0 spiro atoms. The van der Waals surface area contributed by atoms with Gasteiger partial charge in [0, 0.05) is 6.04 Å². The SMILES string of the molecule is CC1CCS(=O)(=O)N1S(=O)O. The van der Waals surface area contributed by atoms with E-state index in [1.54, 1.807) is 6.92 Å². The summed E-state index contributed by atoms with van der Waals surface area (Å²) in [5, 5.41) is 0. The van der Waals surface area contributed by atoms with Gasteiger partial charge in [0.05, 0.1) is 5.75 Å². The van der Waals surface area contributed by atoms with Gasteiger partial charge in [0.15, 0.2) is 0 Å². The summed E-state index contributed by atoms with van der Waals surface area (Å²) in [6.45, 7) is 1.61. The van der Waals surface area contributed by atoms with E-state index in [0.717, 1.165) is 0 Å². The first-order valence-corrected chi connectivity index (χ1v) is 5.75. The van der Waals surface area contributed by atoms with Gasteiger partial charge in [-0.05, 0) is 13.3 Å². The van der Waals surface area contributed by atoms with Crippen LogP contribution in [0.4, 0.5) is 0 Å². The van der Waals surface area contributed by atoms with E-state index >= 15 is 0 Å². The van der Waals surface area contributed by atoms with Crippen LogP contribution in [0.1, 0.15) is 13.3 Å². The Morgan fingerprint density at radius 1 is 1.64 bits per heavy atom. The molecule has 0 saturated carbocycles. The Bertz CT molecular complexity index is 272. The van der Waals surface area contributed by atoms with Crippen LogP contribution in [0, 0.1) is 0 Å². The molecule has 1 saturated heterocycles. The molecule has 0 aromatic carbocycles. The third kappa shape index (κ3) is 1.61. The van der Waals surface area contributed by atoms with Crippen molar-refractivity contribution in [1.29, 1.82) is 0 Å². The molecule has 0 bridgehead atoms. The van der Waals surface area contributed by atoms with E-state index < -0.39 is 21.3 Å². The summed E-state index contributed by atoms with van der Waals surface area (Å²) in [4.78, 5) is 0. The number of rotatable bonds is 1. The molecule has 1 aliphatic heterocycles. The third-order valence-electron chi connectivity index (χ3n) is 1.58. The lowest BCUT2D eigenvalue weighted by Crippen LogP contribution is -2.32. The Balaban J connectivity index is 2.99. The average Bonchev–Trinajstić information content (AvgIpc) is 2.06. The molecular weight excluding hydrogens is 190 g/mol. The van der Waals surface area contributed by atoms with Crippen molar-refractivity contribution in [2.75, 3.05) is 5.75 Å². The summed E-state index contributed by atoms with van der Waals surface area (Å²) in [6, 6.07) is -0.356. The fraction of sp³-hybridized carbons (Fsp3) is 1.00. The van der Waals surface area contributed by atoms with Crippen molar-refractivity contribution in [3.05, 3.63) is 0 Å². The van der Waals surface area contributed by atoms with Gasteiger partial charge in [0.25, 0.3) is 0 Å². The Hall–Kier alpha value is 0.0200. The van der Waals surface area contributed by atoms with Gasteiger partial charge in [0.1, 0.15) is 0 Å². The summed E-state index contributed by atoms with van der Waals surface area (Å²) in [7, 11) is -3.45. The van der Waals surface area contributed by atoms with E-state index in [0.29, 0.717) is 10.1 Å². The highest BCUT2D eigenvalue weighted by molar-refractivity contribution is 7.99. The van der Waals surface area contributed by atoms with Crippen molar-refractivity contribution in [1.82, 2.24) is 3.71 Å². The molecular formula is C4H9NO4S2. The van der Waals surface area contributed by atoms with Crippen molar-refractivity contribution in [3.8, 4) is 0 Å². The van der Waals surface area contributed by atoms with Crippen molar-refractivity contribution < 1.29 is 17.2 Å². The van der Waals surface area contributed by atoms with Gasteiger partial charge < -0.3 is 0 Å². The second kappa shape index (κ2) is 2.81. The van der Waals surface area contributed by atoms with Gasteiger partial charge in [-0.3, -0.25) is 4.55 Å². The van der Waals surface area contributed by atoms with Crippen LogP contribution in [0.5, 0.6) is 0 Å². The topological polar surface area (TPSA) is 74.7 Å². The van der Waals surface area contributed by atoms with E-state index in [9.17, 15) is 12.6 Å². The molecule has 1 rings (SSSR count). The lowest BCUT2D eigenvalue weighted by molar-refractivity contribution is 0.450. The van der Waals surface area contributed by atoms with Gasteiger partial charge in [0.2, 0.25) is 21.3 Å². The molecule has 2 unspecified atom stereocenters. The Labute approximate surface area is 67.9 Å². The molecule has 66 valence electrons. The molecule has 0 radical (unpaired) electrons. The van der Waals surface area contributed by atoms with Gasteiger partial charge >= 0.3 is 0 Å². The van der Waals surface area contributed by atoms with E-state index in [-0.39, 0.29) is 11.8 Å². The number of hydrogen-bond acceptors (Lipinski definition) is 3. The zero-order valence-electron chi connectivity index (χ0n) is 5.93. The average molecular weight is 199 g/mol. The maximum atomic E-state index is 11.0. The minimum Gasteiger partial charge on any atom is -0.293 e. The monoisotopic (exact) mass is 199 g/mol. The van der Waals surface area contributed by atoms with Gasteiger partial charge in [-0.1, -0.05) is 3.71 Å². The van der Waals surface area contributed by atoms with Crippen LogP contribution in [0.3, 0.4) is 0 Å². The minimum absolute atomic E-state index is 0.0273. The largest absolute Gasteiger partial charge is 0.293 e. The summed E-state index contributed by atoms with van der Waals surface area (Å²) in [5.41, 5.74) is 0. The van der Waals surface area contributed by atoms with E-state index in [1.165, 1.54) is 0 Å².